The van der Waals surface area contributed by atoms with Gasteiger partial charge in [0, 0.05) is 12.5 Å². The molecule has 0 aromatic carbocycles. The number of carboxylic acid groups (broad SMARTS) is 1. The Morgan fingerprint density at radius 3 is 2.22 bits per heavy atom. The van der Waals surface area contributed by atoms with Gasteiger partial charge in [0.1, 0.15) is 0 Å². The number of rotatable bonds is 4. The van der Waals surface area contributed by atoms with Crippen molar-refractivity contribution in [2.45, 2.75) is 51.9 Å². The van der Waals surface area contributed by atoms with Gasteiger partial charge >= 0.3 is 5.97 Å². The first-order valence-electron chi connectivity index (χ1n) is 7.06. The normalized spacial score (nSPS) is 30.3. The van der Waals surface area contributed by atoms with E-state index in [1.54, 1.807) is 0 Å². The van der Waals surface area contributed by atoms with Crippen LogP contribution < -0.4 is 5.32 Å². The van der Waals surface area contributed by atoms with E-state index in [1.165, 1.54) is 0 Å². The third-order valence-corrected chi connectivity index (χ3v) is 4.56. The van der Waals surface area contributed by atoms with Crippen LogP contribution in [0.15, 0.2) is 0 Å². The maximum absolute atomic E-state index is 11.8. The number of hydrogen-bond donors (Lipinski definition) is 2. The van der Waals surface area contributed by atoms with Crippen LogP contribution in [0.1, 0.15) is 51.9 Å². The van der Waals surface area contributed by atoms with E-state index in [9.17, 15) is 14.7 Å². The number of aliphatic carboxylic acids is 1. The highest BCUT2D eigenvalue weighted by Crippen LogP contribution is 2.39. The van der Waals surface area contributed by atoms with Gasteiger partial charge in [0.25, 0.3) is 0 Å². The number of hydrogen-bond acceptors (Lipinski definition) is 2. The van der Waals surface area contributed by atoms with E-state index in [0.29, 0.717) is 25.3 Å². The predicted molar refractivity (Wildman–Crippen MR) is 68.1 cm³/mol. The first kappa shape index (κ1) is 13.4. The summed E-state index contributed by atoms with van der Waals surface area (Å²) in [6.45, 7) is 2.37. The standard InChI is InChI=1S/C14H23NO3/c1-10-8-11(10)12(16)15-9-14(13(17)18)6-4-2-3-5-7-14/h10-11H,2-9H2,1H3,(H,15,16)(H,17,18). The Labute approximate surface area is 108 Å². The molecule has 0 aliphatic heterocycles. The van der Waals surface area contributed by atoms with Crippen molar-refractivity contribution in [1.29, 1.82) is 0 Å². The second kappa shape index (κ2) is 5.29. The molecule has 2 fully saturated rings. The van der Waals surface area contributed by atoms with Gasteiger partial charge in [-0.05, 0) is 25.2 Å². The average molecular weight is 253 g/mol. The van der Waals surface area contributed by atoms with Crippen LogP contribution in [-0.2, 0) is 9.59 Å². The Kier molecular flexibility index (Phi) is 3.93. The zero-order valence-electron chi connectivity index (χ0n) is 11.1. The molecule has 0 heterocycles. The first-order chi connectivity index (χ1) is 8.55. The lowest BCUT2D eigenvalue weighted by Crippen LogP contribution is -2.43. The second-order valence-electron chi connectivity index (χ2n) is 6.04. The van der Waals surface area contributed by atoms with Gasteiger partial charge in [0.05, 0.1) is 5.41 Å². The van der Waals surface area contributed by atoms with Crippen molar-refractivity contribution in [1.82, 2.24) is 5.32 Å². The molecule has 2 N–H and O–H groups in total. The molecule has 1 amide bonds. The molecular formula is C14H23NO3. The lowest BCUT2D eigenvalue weighted by Gasteiger charge is -2.28. The highest BCUT2D eigenvalue weighted by Gasteiger charge is 2.42. The van der Waals surface area contributed by atoms with Crippen molar-refractivity contribution in [2.75, 3.05) is 6.54 Å². The molecule has 2 aliphatic carbocycles. The molecule has 2 aliphatic rings. The molecule has 0 saturated heterocycles. The topological polar surface area (TPSA) is 66.4 Å². The Balaban J connectivity index is 1.92. The summed E-state index contributed by atoms with van der Waals surface area (Å²) in [4.78, 5) is 23.3. The number of carboxylic acids is 1. The Morgan fingerprint density at radius 1 is 1.22 bits per heavy atom. The largest absolute Gasteiger partial charge is 0.481 e. The van der Waals surface area contributed by atoms with E-state index in [2.05, 4.69) is 12.2 Å². The number of carbonyl (C=O) groups is 2. The minimum atomic E-state index is -0.742. The van der Waals surface area contributed by atoms with Crippen molar-refractivity contribution < 1.29 is 14.7 Å². The van der Waals surface area contributed by atoms with E-state index < -0.39 is 11.4 Å². The molecule has 2 unspecified atom stereocenters. The molecule has 0 aromatic rings. The minimum absolute atomic E-state index is 0.0485. The van der Waals surface area contributed by atoms with Crippen LogP contribution in [-0.4, -0.2) is 23.5 Å². The predicted octanol–water partition coefficient (Wildman–Crippen LogP) is 2.18. The van der Waals surface area contributed by atoms with Crippen LogP contribution in [0.4, 0.5) is 0 Å². The quantitative estimate of drug-likeness (QED) is 0.755. The van der Waals surface area contributed by atoms with Crippen molar-refractivity contribution in [3.05, 3.63) is 0 Å². The van der Waals surface area contributed by atoms with Gasteiger partial charge in [-0.15, -0.1) is 0 Å². The third kappa shape index (κ3) is 2.85. The lowest BCUT2D eigenvalue weighted by molar-refractivity contribution is -0.149. The van der Waals surface area contributed by atoms with Gasteiger partial charge in [-0.1, -0.05) is 32.6 Å². The summed E-state index contributed by atoms with van der Waals surface area (Å²) in [5.74, 6) is -0.0950. The minimum Gasteiger partial charge on any atom is -0.481 e. The smallest absolute Gasteiger partial charge is 0.311 e. The van der Waals surface area contributed by atoms with E-state index in [4.69, 9.17) is 0 Å². The summed E-state index contributed by atoms with van der Waals surface area (Å²) in [5.41, 5.74) is -0.718. The summed E-state index contributed by atoms with van der Waals surface area (Å²) in [5, 5.41) is 12.4. The Bertz CT molecular complexity index is 332. The van der Waals surface area contributed by atoms with Crippen LogP contribution in [0.5, 0.6) is 0 Å². The van der Waals surface area contributed by atoms with Gasteiger partial charge in [-0.3, -0.25) is 9.59 Å². The molecule has 2 rings (SSSR count). The molecule has 0 bridgehead atoms. The lowest BCUT2D eigenvalue weighted by atomic mass is 9.80. The van der Waals surface area contributed by atoms with Gasteiger partial charge in [-0.2, -0.15) is 0 Å². The van der Waals surface area contributed by atoms with E-state index in [-0.39, 0.29) is 11.8 Å². The zero-order chi connectivity index (χ0) is 13.2. The molecule has 4 heteroatoms. The van der Waals surface area contributed by atoms with E-state index in [1.807, 2.05) is 0 Å². The van der Waals surface area contributed by atoms with Crippen molar-refractivity contribution in [3.8, 4) is 0 Å². The molecule has 2 atom stereocenters. The van der Waals surface area contributed by atoms with E-state index >= 15 is 0 Å². The van der Waals surface area contributed by atoms with E-state index in [0.717, 1.165) is 32.1 Å². The maximum atomic E-state index is 11.8. The highest BCUT2D eigenvalue weighted by atomic mass is 16.4. The highest BCUT2D eigenvalue weighted by molar-refractivity contribution is 5.82. The molecule has 4 nitrogen and oxygen atoms in total. The summed E-state index contributed by atoms with van der Waals surface area (Å²) >= 11 is 0. The summed E-state index contributed by atoms with van der Waals surface area (Å²) < 4.78 is 0. The van der Waals surface area contributed by atoms with Gasteiger partial charge in [0.2, 0.25) is 5.91 Å². The fourth-order valence-electron chi connectivity index (χ4n) is 2.95. The van der Waals surface area contributed by atoms with Crippen molar-refractivity contribution >= 4 is 11.9 Å². The number of carbonyl (C=O) groups excluding carboxylic acids is 1. The fourth-order valence-corrected chi connectivity index (χ4v) is 2.95. The molecular weight excluding hydrogens is 230 g/mol. The molecule has 0 radical (unpaired) electrons. The van der Waals surface area contributed by atoms with Crippen LogP contribution in [0.3, 0.4) is 0 Å². The number of amides is 1. The van der Waals surface area contributed by atoms with Crippen LogP contribution in [0.25, 0.3) is 0 Å². The van der Waals surface area contributed by atoms with Gasteiger partial charge < -0.3 is 10.4 Å². The summed E-state index contributed by atoms with van der Waals surface area (Å²) in [6, 6.07) is 0. The van der Waals surface area contributed by atoms with Gasteiger partial charge in [0.15, 0.2) is 0 Å². The Hall–Kier alpha value is -1.06. The van der Waals surface area contributed by atoms with Crippen LogP contribution >= 0.6 is 0 Å². The average Bonchev–Trinajstić information content (AvgIpc) is 3.09. The van der Waals surface area contributed by atoms with Crippen molar-refractivity contribution in [3.63, 3.8) is 0 Å². The molecule has 0 spiro atoms. The third-order valence-electron chi connectivity index (χ3n) is 4.56. The molecule has 102 valence electrons. The molecule has 2 saturated carbocycles. The second-order valence-corrected chi connectivity index (χ2v) is 6.04. The zero-order valence-corrected chi connectivity index (χ0v) is 11.1. The SMILES string of the molecule is CC1CC1C(=O)NCC1(C(=O)O)CCCCCC1. The maximum Gasteiger partial charge on any atom is 0.311 e. The fraction of sp³-hybridized carbons (Fsp3) is 0.857. The van der Waals surface area contributed by atoms with Crippen LogP contribution in [0.2, 0.25) is 0 Å². The van der Waals surface area contributed by atoms with Crippen LogP contribution in [0, 0.1) is 17.3 Å². The first-order valence-corrected chi connectivity index (χ1v) is 7.06. The number of nitrogens with one attached hydrogen (secondary N) is 1. The summed E-state index contributed by atoms with van der Waals surface area (Å²) in [6.07, 6.45) is 6.49. The van der Waals surface area contributed by atoms with Gasteiger partial charge in [-0.25, -0.2) is 0 Å². The summed E-state index contributed by atoms with van der Waals surface area (Å²) in [7, 11) is 0. The Morgan fingerprint density at radius 2 is 1.78 bits per heavy atom. The monoisotopic (exact) mass is 253 g/mol. The molecule has 18 heavy (non-hydrogen) atoms. The van der Waals surface area contributed by atoms with Crippen molar-refractivity contribution in [2.24, 2.45) is 17.3 Å². The molecule has 0 aromatic heterocycles.